The molecule has 7 nitrogen and oxygen atoms in total. The lowest BCUT2D eigenvalue weighted by Gasteiger charge is -2.14. The zero-order valence-electron chi connectivity index (χ0n) is 14.8. The Labute approximate surface area is 166 Å². The van der Waals surface area contributed by atoms with Gasteiger partial charge in [-0.3, -0.25) is 4.79 Å². The van der Waals surface area contributed by atoms with E-state index in [4.69, 9.17) is 42.1 Å². The first kappa shape index (κ1) is 20.7. The molecule has 0 heterocycles. The van der Waals surface area contributed by atoms with E-state index in [-0.39, 0.29) is 15.6 Å². The van der Waals surface area contributed by atoms with Crippen molar-refractivity contribution in [1.82, 2.24) is 0 Å². The number of amides is 1. The summed E-state index contributed by atoms with van der Waals surface area (Å²) in [6.45, 7) is -0.531. The normalized spacial score (nSPS) is 10.1. The van der Waals surface area contributed by atoms with Gasteiger partial charge in [-0.05, 0) is 12.1 Å². The summed E-state index contributed by atoms with van der Waals surface area (Å²) in [7, 11) is 4.38. The van der Waals surface area contributed by atoms with Crippen molar-refractivity contribution in [3.63, 3.8) is 0 Å². The van der Waals surface area contributed by atoms with Gasteiger partial charge in [-0.25, -0.2) is 4.79 Å². The lowest BCUT2D eigenvalue weighted by Crippen LogP contribution is -2.21. The molecule has 0 aliphatic heterocycles. The fraction of sp³-hybridized carbons (Fsp3) is 0.222. The van der Waals surface area contributed by atoms with Crippen molar-refractivity contribution in [1.29, 1.82) is 0 Å². The van der Waals surface area contributed by atoms with Crippen LogP contribution in [0.4, 0.5) is 5.69 Å². The van der Waals surface area contributed by atoms with Crippen LogP contribution >= 0.6 is 23.2 Å². The molecule has 2 aromatic rings. The Hall–Kier alpha value is -2.64. The van der Waals surface area contributed by atoms with Crippen LogP contribution in [0.3, 0.4) is 0 Å². The molecule has 0 saturated carbocycles. The van der Waals surface area contributed by atoms with Crippen LogP contribution in [0.5, 0.6) is 17.2 Å². The van der Waals surface area contributed by atoms with Gasteiger partial charge >= 0.3 is 5.97 Å². The van der Waals surface area contributed by atoms with Crippen molar-refractivity contribution >= 4 is 40.8 Å². The standard InChI is InChI=1S/C18H17Cl2NO6/c1-24-13-7-10(8-14(25-2)17(13)26-3)21-15(22)9-27-18(23)16-11(19)5-4-6-12(16)20/h4-8H,9H2,1-3H3,(H,21,22). The molecular formula is C18H17Cl2NO6. The third kappa shape index (κ3) is 4.96. The average molecular weight is 414 g/mol. The van der Waals surface area contributed by atoms with Gasteiger partial charge in [0.05, 0.1) is 36.9 Å². The van der Waals surface area contributed by atoms with Gasteiger partial charge in [-0.2, -0.15) is 0 Å². The summed E-state index contributed by atoms with van der Waals surface area (Å²) < 4.78 is 20.6. The number of carbonyl (C=O) groups excluding carboxylic acids is 2. The topological polar surface area (TPSA) is 83.1 Å². The number of benzene rings is 2. The van der Waals surface area contributed by atoms with Crippen LogP contribution in [0.15, 0.2) is 30.3 Å². The summed E-state index contributed by atoms with van der Waals surface area (Å²) in [4.78, 5) is 24.2. The molecule has 0 saturated heterocycles. The van der Waals surface area contributed by atoms with E-state index in [1.807, 2.05) is 0 Å². The maximum atomic E-state index is 12.1. The molecule has 0 spiro atoms. The number of rotatable bonds is 7. The molecule has 27 heavy (non-hydrogen) atoms. The van der Waals surface area contributed by atoms with E-state index in [1.54, 1.807) is 18.2 Å². The Morgan fingerprint density at radius 3 is 2.00 bits per heavy atom. The molecule has 2 rings (SSSR count). The van der Waals surface area contributed by atoms with Gasteiger partial charge in [0.2, 0.25) is 5.75 Å². The molecule has 9 heteroatoms. The lowest BCUT2D eigenvalue weighted by molar-refractivity contribution is -0.119. The second kappa shape index (κ2) is 9.34. The Kier molecular flexibility index (Phi) is 7.15. The highest BCUT2D eigenvalue weighted by atomic mass is 35.5. The van der Waals surface area contributed by atoms with Crippen molar-refractivity contribution in [3.05, 3.63) is 45.9 Å². The van der Waals surface area contributed by atoms with Crippen LogP contribution in [0.1, 0.15) is 10.4 Å². The van der Waals surface area contributed by atoms with Gasteiger partial charge in [-0.15, -0.1) is 0 Å². The molecular weight excluding hydrogens is 397 g/mol. The van der Waals surface area contributed by atoms with Gasteiger partial charge < -0.3 is 24.3 Å². The average Bonchev–Trinajstić information content (AvgIpc) is 2.65. The molecule has 0 atom stereocenters. The molecule has 2 aromatic carbocycles. The van der Waals surface area contributed by atoms with Crippen molar-refractivity contribution in [2.75, 3.05) is 33.3 Å². The van der Waals surface area contributed by atoms with Gasteiger partial charge in [0, 0.05) is 17.8 Å². The second-order valence-corrected chi connectivity index (χ2v) is 5.95. The molecule has 1 amide bonds. The number of hydrogen-bond donors (Lipinski definition) is 1. The Morgan fingerprint density at radius 1 is 0.963 bits per heavy atom. The fourth-order valence-corrected chi connectivity index (χ4v) is 2.80. The van der Waals surface area contributed by atoms with Crippen LogP contribution in [0.25, 0.3) is 0 Å². The number of esters is 1. The number of hydrogen-bond acceptors (Lipinski definition) is 6. The first-order chi connectivity index (χ1) is 12.9. The van der Waals surface area contributed by atoms with Crippen molar-refractivity contribution < 1.29 is 28.5 Å². The highest BCUT2D eigenvalue weighted by Gasteiger charge is 2.18. The van der Waals surface area contributed by atoms with E-state index in [2.05, 4.69) is 5.32 Å². The van der Waals surface area contributed by atoms with Gasteiger partial charge in [0.15, 0.2) is 18.1 Å². The molecule has 0 bridgehead atoms. The number of anilines is 1. The number of halogens is 2. The summed E-state index contributed by atoms with van der Waals surface area (Å²) >= 11 is 11.9. The van der Waals surface area contributed by atoms with Crippen LogP contribution < -0.4 is 19.5 Å². The first-order valence-corrected chi connectivity index (χ1v) is 8.37. The summed E-state index contributed by atoms with van der Waals surface area (Å²) in [5, 5.41) is 2.85. The predicted molar refractivity (Wildman–Crippen MR) is 101 cm³/mol. The molecule has 1 N–H and O–H groups in total. The molecule has 0 aliphatic rings. The maximum absolute atomic E-state index is 12.1. The minimum absolute atomic E-state index is 0.00131. The molecule has 0 unspecified atom stereocenters. The predicted octanol–water partition coefficient (Wildman–Crippen LogP) is 3.81. The third-order valence-electron chi connectivity index (χ3n) is 3.45. The maximum Gasteiger partial charge on any atom is 0.341 e. The minimum Gasteiger partial charge on any atom is -0.493 e. The zero-order chi connectivity index (χ0) is 20.0. The number of methoxy groups -OCH3 is 3. The molecule has 0 aliphatic carbocycles. The second-order valence-electron chi connectivity index (χ2n) is 5.13. The van der Waals surface area contributed by atoms with Gasteiger partial charge in [0.1, 0.15) is 0 Å². The van der Waals surface area contributed by atoms with E-state index in [1.165, 1.54) is 33.5 Å². The van der Waals surface area contributed by atoms with Crippen molar-refractivity contribution in [2.45, 2.75) is 0 Å². The number of ether oxygens (including phenoxy) is 4. The highest BCUT2D eigenvalue weighted by molar-refractivity contribution is 6.39. The van der Waals surface area contributed by atoms with Crippen LogP contribution in [0, 0.1) is 0 Å². The lowest BCUT2D eigenvalue weighted by atomic mass is 10.2. The van der Waals surface area contributed by atoms with E-state index in [0.29, 0.717) is 22.9 Å². The van der Waals surface area contributed by atoms with E-state index < -0.39 is 18.5 Å². The SMILES string of the molecule is COc1cc(NC(=O)COC(=O)c2c(Cl)cccc2Cl)cc(OC)c1OC. The largest absolute Gasteiger partial charge is 0.493 e. The number of carbonyl (C=O) groups is 2. The van der Waals surface area contributed by atoms with Crippen LogP contribution in [0.2, 0.25) is 10.0 Å². The number of nitrogens with one attached hydrogen (secondary N) is 1. The van der Waals surface area contributed by atoms with Crippen molar-refractivity contribution in [3.8, 4) is 17.2 Å². The smallest absolute Gasteiger partial charge is 0.341 e. The van der Waals surface area contributed by atoms with E-state index in [0.717, 1.165) is 0 Å². The van der Waals surface area contributed by atoms with Crippen LogP contribution in [-0.4, -0.2) is 39.8 Å². The molecule has 144 valence electrons. The quantitative estimate of drug-likeness (QED) is 0.694. The summed E-state index contributed by atoms with van der Waals surface area (Å²) in [5.41, 5.74) is 0.378. The minimum atomic E-state index is -0.800. The monoisotopic (exact) mass is 413 g/mol. The fourth-order valence-electron chi connectivity index (χ4n) is 2.25. The Morgan fingerprint density at radius 2 is 1.52 bits per heavy atom. The zero-order valence-corrected chi connectivity index (χ0v) is 16.3. The van der Waals surface area contributed by atoms with E-state index >= 15 is 0 Å². The molecule has 0 aromatic heterocycles. The third-order valence-corrected chi connectivity index (χ3v) is 4.08. The Bertz CT molecular complexity index is 810. The summed E-state index contributed by atoms with van der Waals surface area (Å²) in [5.74, 6) is -0.247. The van der Waals surface area contributed by atoms with E-state index in [9.17, 15) is 9.59 Å². The highest BCUT2D eigenvalue weighted by Crippen LogP contribution is 2.39. The molecule has 0 fully saturated rings. The van der Waals surface area contributed by atoms with Gasteiger partial charge in [-0.1, -0.05) is 29.3 Å². The first-order valence-electron chi connectivity index (χ1n) is 7.62. The van der Waals surface area contributed by atoms with Crippen LogP contribution in [-0.2, 0) is 9.53 Å². The Balaban J connectivity index is 2.07. The summed E-state index contributed by atoms with van der Waals surface area (Å²) in [6, 6.07) is 7.69. The molecule has 0 radical (unpaired) electrons. The van der Waals surface area contributed by atoms with Crippen molar-refractivity contribution in [2.24, 2.45) is 0 Å². The summed E-state index contributed by atoms with van der Waals surface area (Å²) in [6.07, 6.45) is 0. The van der Waals surface area contributed by atoms with Gasteiger partial charge in [0.25, 0.3) is 5.91 Å².